The number of carbonyl (C=O) groups is 1. The highest BCUT2D eigenvalue weighted by molar-refractivity contribution is 7.99. The van der Waals surface area contributed by atoms with Crippen molar-refractivity contribution in [1.29, 1.82) is 0 Å². The maximum Gasteiger partial charge on any atom is 0.234 e. The van der Waals surface area contributed by atoms with Gasteiger partial charge in [-0.05, 0) is 60.7 Å². The molecule has 6 nitrogen and oxygen atoms in total. The molecular weight excluding hydrogens is 470 g/mol. The highest BCUT2D eigenvalue weighted by Gasteiger charge is 2.18. The first-order valence-electron chi connectivity index (χ1n) is 9.68. The summed E-state index contributed by atoms with van der Waals surface area (Å²) in [5.74, 6) is -1.17. The van der Waals surface area contributed by atoms with Crippen molar-refractivity contribution in [1.82, 2.24) is 14.8 Å². The fourth-order valence-corrected chi connectivity index (χ4v) is 3.89. The molecule has 0 aliphatic carbocycles. The van der Waals surface area contributed by atoms with E-state index in [-0.39, 0.29) is 11.4 Å². The Bertz CT molecular complexity index is 1280. The maximum absolute atomic E-state index is 13.4. The lowest BCUT2D eigenvalue weighted by Gasteiger charge is -2.11. The Labute approximate surface area is 197 Å². The minimum absolute atomic E-state index is 0.0199. The molecule has 1 aromatic heterocycles. The van der Waals surface area contributed by atoms with Crippen LogP contribution in [0.25, 0.3) is 17.1 Å². The van der Waals surface area contributed by atoms with Crippen LogP contribution in [0.2, 0.25) is 5.02 Å². The number of hydrogen-bond acceptors (Lipinski definition) is 5. The minimum Gasteiger partial charge on any atom is -0.497 e. The van der Waals surface area contributed by atoms with Gasteiger partial charge in [-0.25, -0.2) is 8.78 Å². The van der Waals surface area contributed by atoms with Gasteiger partial charge < -0.3 is 10.1 Å². The van der Waals surface area contributed by atoms with Crippen molar-refractivity contribution in [3.8, 4) is 22.8 Å². The Morgan fingerprint density at radius 2 is 1.76 bits per heavy atom. The zero-order chi connectivity index (χ0) is 23.4. The Balaban J connectivity index is 1.59. The van der Waals surface area contributed by atoms with Gasteiger partial charge in [-0.1, -0.05) is 23.4 Å². The lowest BCUT2D eigenvalue weighted by Crippen LogP contribution is -2.15. The van der Waals surface area contributed by atoms with E-state index in [4.69, 9.17) is 16.3 Å². The molecule has 0 unspecified atom stereocenters. The van der Waals surface area contributed by atoms with Gasteiger partial charge in [-0.3, -0.25) is 9.36 Å². The van der Waals surface area contributed by atoms with E-state index >= 15 is 0 Å². The van der Waals surface area contributed by atoms with Crippen LogP contribution in [0.1, 0.15) is 0 Å². The third-order valence-electron chi connectivity index (χ3n) is 4.60. The molecule has 4 aromatic rings. The summed E-state index contributed by atoms with van der Waals surface area (Å²) < 4.78 is 33.5. The largest absolute Gasteiger partial charge is 0.497 e. The second-order valence-electron chi connectivity index (χ2n) is 6.81. The van der Waals surface area contributed by atoms with Crippen LogP contribution in [-0.2, 0) is 4.79 Å². The number of amides is 1. The second-order valence-corrected chi connectivity index (χ2v) is 8.19. The van der Waals surface area contributed by atoms with Crippen LogP contribution in [0.4, 0.5) is 14.5 Å². The SMILES string of the molecule is COc1ccc(-n2c(SCC(=O)Nc3ccc(F)c(F)c3)nnc2-c2ccc(Cl)cc2)cc1. The number of hydrogen-bond donors (Lipinski definition) is 1. The van der Waals surface area contributed by atoms with Gasteiger partial charge in [0, 0.05) is 28.0 Å². The van der Waals surface area contributed by atoms with Crippen LogP contribution >= 0.6 is 23.4 Å². The normalized spacial score (nSPS) is 10.8. The number of halogens is 3. The zero-order valence-corrected chi connectivity index (χ0v) is 18.8. The van der Waals surface area contributed by atoms with Gasteiger partial charge in [-0.2, -0.15) is 0 Å². The molecule has 1 N–H and O–H groups in total. The molecule has 1 heterocycles. The van der Waals surface area contributed by atoms with Crippen LogP contribution in [0.5, 0.6) is 5.75 Å². The highest BCUT2D eigenvalue weighted by Crippen LogP contribution is 2.29. The van der Waals surface area contributed by atoms with Crippen molar-refractivity contribution >= 4 is 35.0 Å². The molecule has 0 aliphatic heterocycles. The lowest BCUT2D eigenvalue weighted by atomic mass is 10.2. The molecule has 0 fully saturated rings. The van der Waals surface area contributed by atoms with Crippen LogP contribution in [0.3, 0.4) is 0 Å². The molecular formula is C23H17ClF2N4O2S. The predicted molar refractivity (Wildman–Crippen MR) is 124 cm³/mol. The van der Waals surface area contributed by atoms with Crippen molar-refractivity contribution in [3.63, 3.8) is 0 Å². The summed E-state index contributed by atoms with van der Waals surface area (Å²) in [7, 11) is 1.58. The second kappa shape index (κ2) is 10.0. The van der Waals surface area contributed by atoms with Crippen LogP contribution in [-0.4, -0.2) is 33.5 Å². The number of ether oxygens (including phenoxy) is 1. The first-order chi connectivity index (χ1) is 15.9. The molecule has 3 aromatic carbocycles. The molecule has 10 heteroatoms. The fraction of sp³-hybridized carbons (Fsp3) is 0.0870. The van der Waals surface area contributed by atoms with Gasteiger partial charge in [-0.15, -0.1) is 10.2 Å². The number of rotatable bonds is 7. The zero-order valence-electron chi connectivity index (χ0n) is 17.3. The smallest absolute Gasteiger partial charge is 0.234 e. The standard InChI is InChI=1S/C23H17ClF2N4O2S/c1-32-18-9-7-17(8-10-18)30-22(14-2-4-15(24)5-3-14)28-29-23(30)33-13-21(31)27-16-6-11-19(25)20(26)12-16/h2-12H,13H2,1H3,(H,27,31). The number of benzene rings is 3. The number of carbonyl (C=O) groups excluding carboxylic acids is 1. The maximum atomic E-state index is 13.4. The molecule has 0 bridgehead atoms. The van der Waals surface area contributed by atoms with Gasteiger partial charge in [0.15, 0.2) is 22.6 Å². The van der Waals surface area contributed by atoms with E-state index in [2.05, 4.69) is 15.5 Å². The van der Waals surface area contributed by atoms with Gasteiger partial charge in [0.2, 0.25) is 5.91 Å². The van der Waals surface area contributed by atoms with E-state index in [1.807, 2.05) is 41.0 Å². The van der Waals surface area contributed by atoms with E-state index in [0.29, 0.717) is 21.8 Å². The van der Waals surface area contributed by atoms with Crippen LogP contribution < -0.4 is 10.1 Å². The topological polar surface area (TPSA) is 69.0 Å². The Kier molecular flexibility index (Phi) is 6.90. The number of aromatic nitrogens is 3. The molecule has 1 amide bonds. The third-order valence-corrected chi connectivity index (χ3v) is 5.78. The summed E-state index contributed by atoms with van der Waals surface area (Å²) in [6.45, 7) is 0. The van der Waals surface area contributed by atoms with E-state index in [1.54, 1.807) is 19.2 Å². The van der Waals surface area contributed by atoms with Gasteiger partial charge >= 0.3 is 0 Å². The summed E-state index contributed by atoms with van der Waals surface area (Å²) in [5.41, 5.74) is 1.73. The first-order valence-corrected chi connectivity index (χ1v) is 11.0. The molecule has 0 aliphatic rings. The summed E-state index contributed by atoms with van der Waals surface area (Å²) in [6.07, 6.45) is 0. The van der Waals surface area contributed by atoms with E-state index < -0.39 is 17.5 Å². The molecule has 0 spiro atoms. The Hall–Kier alpha value is -3.43. The Morgan fingerprint density at radius 1 is 1.03 bits per heavy atom. The monoisotopic (exact) mass is 486 g/mol. The van der Waals surface area contributed by atoms with E-state index in [0.717, 1.165) is 35.1 Å². The van der Waals surface area contributed by atoms with Crippen LogP contribution in [0, 0.1) is 11.6 Å². The summed E-state index contributed by atoms with van der Waals surface area (Å²) >= 11 is 7.17. The van der Waals surface area contributed by atoms with Crippen molar-refractivity contribution in [3.05, 3.63) is 83.4 Å². The molecule has 0 saturated carbocycles. The minimum atomic E-state index is -1.03. The first kappa shape index (κ1) is 22.8. The average molecular weight is 487 g/mol. The van der Waals surface area contributed by atoms with Crippen molar-refractivity contribution in [2.75, 3.05) is 18.2 Å². The van der Waals surface area contributed by atoms with Gasteiger partial charge in [0.1, 0.15) is 5.75 Å². The van der Waals surface area contributed by atoms with Crippen LogP contribution in [0.15, 0.2) is 71.9 Å². The number of nitrogens with one attached hydrogen (secondary N) is 1. The van der Waals surface area contributed by atoms with Gasteiger partial charge in [0.05, 0.1) is 12.9 Å². The number of methoxy groups -OCH3 is 1. The quantitative estimate of drug-likeness (QED) is 0.344. The molecule has 168 valence electrons. The predicted octanol–water partition coefficient (Wildman–Crippen LogP) is 5.61. The lowest BCUT2D eigenvalue weighted by molar-refractivity contribution is -0.113. The van der Waals surface area contributed by atoms with Crippen molar-refractivity contribution < 1.29 is 18.3 Å². The van der Waals surface area contributed by atoms with Crippen molar-refractivity contribution in [2.24, 2.45) is 0 Å². The number of nitrogens with zero attached hydrogens (tertiary/aromatic N) is 3. The molecule has 4 rings (SSSR count). The average Bonchev–Trinajstić information content (AvgIpc) is 3.24. The molecule has 0 saturated heterocycles. The molecule has 33 heavy (non-hydrogen) atoms. The fourth-order valence-electron chi connectivity index (χ4n) is 3.01. The summed E-state index contributed by atoms with van der Waals surface area (Å²) in [6, 6.07) is 17.7. The van der Waals surface area contributed by atoms with Gasteiger partial charge in [0.25, 0.3) is 0 Å². The Morgan fingerprint density at radius 3 is 2.42 bits per heavy atom. The van der Waals surface area contributed by atoms with E-state index in [9.17, 15) is 13.6 Å². The number of anilines is 1. The molecule has 0 radical (unpaired) electrons. The summed E-state index contributed by atoms with van der Waals surface area (Å²) in [5, 5.41) is 12.2. The third kappa shape index (κ3) is 5.32. The van der Waals surface area contributed by atoms with Crippen molar-refractivity contribution in [2.45, 2.75) is 5.16 Å². The highest BCUT2D eigenvalue weighted by atomic mass is 35.5. The molecule has 0 atom stereocenters. The summed E-state index contributed by atoms with van der Waals surface area (Å²) in [4.78, 5) is 12.4. The van der Waals surface area contributed by atoms with E-state index in [1.165, 1.54) is 6.07 Å². The number of thioether (sulfide) groups is 1.